The van der Waals surface area contributed by atoms with Crippen molar-refractivity contribution in [2.45, 2.75) is 12.5 Å². The minimum atomic E-state index is -3.58. The molecule has 0 aliphatic carbocycles. The number of nitrogens with zero attached hydrogens (tertiary/aromatic N) is 1. The van der Waals surface area contributed by atoms with E-state index in [0.29, 0.717) is 0 Å². The summed E-state index contributed by atoms with van der Waals surface area (Å²) >= 11 is 5.28. The second kappa shape index (κ2) is 4.46. The van der Waals surface area contributed by atoms with Gasteiger partial charge in [-0.05, 0) is 0 Å². The van der Waals surface area contributed by atoms with Gasteiger partial charge in [0.05, 0.1) is 12.2 Å². The van der Waals surface area contributed by atoms with E-state index in [0.717, 1.165) is 4.90 Å². The number of imide groups is 1. The predicted octanol–water partition coefficient (Wildman–Crippen LogP) is -1.10. The molecule has 0 saturated carbocycles. The topological polar surface area (TPSA) is 83.6 Å². The van der Waals surface area contributed by atoms with Crippen LogP contribution in [0, 0.1) is 0 Å². The van der Waals surface area contributed by atoms with Gasteiger partial charge < -0.3 is 0 Å². The molecule has 1 heterocycles. The maximum atomic E-state index is 11.3. The Hall–Kier alpha value is -0.660. The monoisotopic (exact) mass is 254 g/mol. The van der Waals surface area contributed by atoms with Crippen molar-refractivity contribution in [2.75, 3.05) is 18.7 Å². The number of alkyl halides is 1. The van der Waals surface area contributed by atoms with Gasteiger partial charge in [-0.25, -0.2) is 13.1 Å². The maximum Gasteiger partial charge on any atom is 0.247 e. The number of likely N-dealkylation sites (tertiary alicyclic amines) is 1. The summed E-state index contributed by atoms with van der Waals surface area (Å²) in [7, 11) is -2.26. The van der Waals surface area contributed by atoms with E-state index in [-0.39, 0.29) is 18.1 Å². The number of amides is 2. The van der Waals surface area contributed by atoms with Gasteiger partial charge in [0.25, 0.3) is 0 Å². The molecule has 8 heteroatoms. The molecule has 1 aliphatic rings. The summed E-state index contributed by atoms with van der Waals surface area (Å²) in [6.07, 6.45) is -0.128. The molecule has 6 nitrogen and oxygen atoms in total. The quantitative estimate of drug-likeness (QED) is 0.510. The number of halogens is 1. The number of nitrogens with one attached hydrogen (secondary N) is 1. The minimum absolute atomic E-state index is 0.0555. The van der Waals surface area contributed by atoms with Crippen molar-refractivity contribution in [1.82, 2.24) is 9.62 Å². The molecule has 1 atom stereocenters. The summed E-state index contributed by atoms with van der Waals surface area (Å²) in [6, 6.07) is -0.976. The van der Waals surface area contributed by atoms with Crippen molar-refractivity contribution in [3.8, 4) is 0 Å². The van der Waals surface area contributed by atoms with Crippen LogP contribution in [0.15, 0.2) is 0 Å². The zero-order valence-electron chi connectivity index (χ0n) is 8.07. The Balaban J connectivity index is 2.69. The Labute approximate surface area is 92.6 Å². The molecule has 86 valence electrons. The molecule has 15 heavy (non-hydrogen) atoms. The third kappa shape index (κ3) is 2.90. The van der Waals surface area contributed by atoms with Gasteiger partial charge in [-0.2, -0.15) is 0 Å². The smallest absolute Gasteiger partial charge is 0.247 e. The number of hydrogen-bond acceptors (Lipinski definition) is 4. The molecule has 0 bridgehead atoms. The van der Waals surface area contributed by atoms with Crippen LogP contribution >= 0.6 is 11.6 Å². The Kier molecular flexibility index (Phi) is 3.69. The van der Waals surface area contributed by atoms with Crippen LogP contribution in [0.1, 0.15) is 6.42 Å². The summed E-state index contributed by atoms with van der Waals surface area (Å²) in [5.41, 5.74) is 0. The van der Waals surface area contributed by atoms with Gasteiger partial charge in [0, 0.05) is 12.9 Å². The lowest BCUT2D eigenvalue weighted by Crippen LogP contribution is -2.41. The first-order valence-corrected chi connectivity index (χ1v) is 6.42. The van der Waals surface area contributed by atoms with Gasteiger partial charge in [-0.15, -0.1) is 11.6 Å². The Morgan fingerprint density at radius 1 is 1.53 bits per heavy atom. The van der Waals surface area contributed by atoms with E-state index >= 15 is 0 Å². The van der Waals surface area contributed by atoms with Crippen LogP contribution in [0.5, 0.6) is 0 Å². The van der Waals surface area contributed by atoms with Crippen molar-refractivity contribution in [1.29, 1.82) is 0 Å². The molecule has 1 unspecified atom stereocenters. The predicted molar refractivity (Wildman–Crippen MR) is 53.8 cm³/mol. The molecule has 1 N–H and O–H groups in total. The lowest BCUT2D eigenvalue weighted by atomic mass is 10.3. The van der Waals surface area contributed by atoms with Gasteiger partial charge in [0.15, 0.2) is 0 Å². The van der Waals surface area contributed by atoms with E-state index in [1.54, 1.807) is 0 Å². The Morgan fingerprint density at radius 3 is 2.53 bits per heavy atom. The van der Waals surface area contributed by atoms with Crippen LogP contribution in [0.4, 0.5) is 0 Å². The van der Waals surface area contributed by atoms with E-state index in [1.165, 1.54) is 7.05 Å². The fraction of sp³-hybridized carbons (Fsp3) is 0.714. The van der Waals surface area contributed by atoms with Crippen LogP contribution in [-0.2, 0) is 19.6 Å². The molecule has 1 rings (SSSR count). The molecular weight excluding hydrogens is 244 g/mol. The van der Waals surface area contributed by atoms with Crippen LogP contribution < -0.4 is 4.72 Å². The van der Waals surface area contributed by atoms with E-state index in [2.05, 4.69) is 4.72 Å². The average Bonchev–Trinajstić information content (AvgIpc) is 2.33. The van der Waals surface area contributed by atoms with Gasteiger partial charge in [-0.3, -0.25) is 14.5 Å². The zero-order valence-corrected chi connectivity index (χ0v) is 9.64. The number of carbonyl (C=O) groups is 2. The second-order valence-electron chi connectivity index (χ2n) is 3.17. The lowest BCUT2D eigenvalue weighted by Gasteiger charge is -2.10. The highest BCUT2D eigenvalue weighted by atomic mass is 35.5. The second-order valence-corrected chi connectivity index (χ2v) is 5.42. The third-order valence-corrected chi connectivity index (χ3v) is 3.85. The van der Waals surface area contributed by atoms with E-state index in [4.69, 9.17) is 11.6 Å². The van der Waals surface area contributed by atoms with Gasteiger partial charge >= 0.3 is 0 Å². The van der Waals surface area contributed by atoms with Crippen molar-refractivity contribution >= 4 is 33.4 Å². The maximum absolute atomic E-state index is 11.3. The molecule has 1 saturated heterocycles. The molecule has 1 aliphatic heterocycles. The van der Waals surface area contributed by atoms with Crippen molar-refractivity contribution < 1.29 is 18.0 Å². The number of carbonyl (C=O) groups excluding carboxylic acids is 2. The highest BCUT2D eigenvalue weighted by Gasteiger charge is 2.38. The minimum Gasteiger partial charge on any atom is -0.284 e. The van der Waals surface area contributed by atoms with Crippen molar-refractivity contribution in [2.24, 2.45) is 0 Å². The van der Waals surface area contributed by atoms with E-state index in [9.17, 15) is 18.0 Å². The lowest BCUT2D eigenvalue weighted by molar-refractivity contribution is -0.137. The molecule has 0 aromatic heterocycles. The SMILES string of the molecule is CN1C(=O)CC(NS(=O)(=O)CCCl)C1=O. The summed E-state index contributed by atoms with van der Waals surface area (Å²) in [5, 5.41) is 0. The van der Waals surface area contributed by atoms with Crippen molar-refractivity contribution in [3.05, 3.63) is 0 Å². The van der Waals surface area contributed by atoms with Crippen LogP contribution in [0.25, 0.3) is 0 Å². The Morgan fingerprint density at radius 2 is 2.13 bits per heavy atom. The fourth-order valence-corrected chi connectivity index (χ4v) is 2.77. The summed E-state index contributed by atoms with van der Waals surface area (Å²) in [6.45, 7) is 0. The first-order chi connectivity index (χ1) is 6.87. The van der Waals surface area contributed by atoms with Gasteiger partial charge in [0.2, 0.25) is 21.8 Å². The number of hydrogen-bond donors (Lipinski definition) is 1. The normalized spacial score (nSPS) is 22.5. The summed E-state index contributed by atoms with van der Waals surface area (Å²) in [5.74, 6) is -1.24. The molecular formula is C7H11ClN2O4S. The van der Waals surface area contributed by atoms with E-state index in [1.807, 2.05) is 0 Å². The standard InChI is InChI=1S/C7H11ClN2O4S/c1-10-6(11)4-5(7(10)12)9-15(13,14)3-2-8/h5,9H,2-4H2,1H3. The largest absolute Gasteiger partial charge is 0.284 e. The number of sulfonamides is 1. The highest BCUT2D eigenvalue weighted by molar-refractivity contribution is 7.89. The zero-order chi connectivity index (χ0) is 11.6. The molecule has 0 aromatic rings. The number of rotatable bonds is 4. The Bertz CT molecular complexity index is 380. The van der Waals surface area contributed by atoms with Crippen LogP contribution in [-0.4, -0.2) is 49.9 Å². The molecule has 0 radical (unpaired) electrons. The molecule has 0 aromatic carbocycles. The first kappa shape index (κ1) is 12.4. The van der Waals surface area contributed by atoms with E-state index < -0.39 is 27.9 Å². The summed E-state index contributed by atoms with van der Waals surface area (Å²) < 4.78 is 24.7. The van der Waals surface area contributed by atoms with Gasteiger partial charge in [-0.1, -0.05) is 0 Å². The third-order valence-electron chi connectivity index (χ3n) is 2.05. The highest BCUT2D eigenvalue weighted by Crippen LogP contribution is 2.11. The van der Waals surface area contributed by atoms with Crippen molar-refractivity contribution in [3.63, 3.8) is 0 Å². The number of likely N-dealkylation sites (N-methyl/N-ethyl adjacent to an activating group) is 1. The van der Waals surface area contributed by atoms with Crippen LogP contribution in [0.2, 0.25) is 0 Å². The summed E-state index contributed by atoms with van der Waals surface area (Å²) in [4.78, 5) is 23.3. The fourth-order valence-electron chi connectivity index (χ4n) is 1.22. The van der Waals surface area contributed by atoms with Gasteiger partial charge in [0.1, 0.15) is 6.04 Å². The first-order valence-electron chi connectivity index (χ1n) is 4.24. The average molecular weight is 255 g/mol. The molecule has 1 fully saturated rings. The van der Waals surface area contributed by atoms with Crippen LogP contribution in [0.3, 0.4) is 0 Å². The molecule has 0 spiro atoms. The molecule has 2 amide bonds.